The molecular formula is C17H20N6O2. The van der Waals surface area contributed by atoms with E-state index in [1.807, 2.05) is 43.3 Å². The summed E-state index contributed by atoms with van der Waals surface area (Å²) in [5.74, 6) is 0.366. The molecular weight excluding hydrogens is 320 g/mol. The molecule has 0 aliphatic heterocycles. The van der Waals surface area contributed by atoms with Gasteiger partial charge in [-0.25, -0.2) is 9.79 Å². The normalized spacial score (nSPS) is 11.6. The number of hydrogen-bond donors (Lipinski definition) is 0. The molecule has 8 heteroatoms. The summed E-state index contributed by atoms with van der Waals surface area (Å²) in [6.07, 6.45) is 1.68. The Morgan fingerprint density at radius 3 is 2.24 bits per heavy atom. The summed E-state index contributed by atoms with van der Waals surface area (Å²) in [6.45, 7) is 0. The highest BCUT2D eigenvalue weighted by Gasteiger charge is 2.16. The summed E-state index contributed by atoms with van der Waals surface area (Å²) in [4.78, 5) is 35.1. The molecule has 1 aromatic carbocycles. The third kappa shape index (κ3) is 2.75. The summed E-state index contributed by atoms with van der Waals surface area (Å²) < 4.78 is 4.01. The Hall–Kier alpha value is -3.16. The van der Waals surface area contributed by atoms with Crippen molar-refractivity contribution in [2.45, 2.75) is 0 Å². The quantitative estimate of drug-likeness (QED) is 0.661. The van der Waals surface area contributed by atoms with Crippen molar-refractivity contribution in [1.29, 1.82) is 0 Å². The van der Waals surface area contributed by atoms with Crippen LogP contribution in [0.5, 0.6) is 0 Å². The lowest BCUT2D eigenvalue weighted by Gasteiger charge is -2.11. The van der Waals surface area contributed by atoms with E-state index in [-0.39, 0.29) is 5.56 Å². The van der Waals surface area contributed by atoms with Gasteiger partial charge in [-0.05, 0) is 17.7 Å². The number of nitrogens with zero attached hydrogens (tertiary/aromatic N) is 6. The minimum absolute atomic E-state index is 0.325. The Balaban J connectivity index is 2.06. The predicted molar refractivity (Wildman–Crippen MR) is 99.2 cm³/mol. The highest BCUT2D eigenvalue weighted by atomic mass is 16.2. The molecule has 130 valence electrons. The summed E-state index contributed by atoms with van der Waals surface area (Å²) in [7, 11) is 8.71. The van der Waals surface area contributed by atoms with Gasteiger partial charge in [0.1, 0.15) is 0 Å². The Bertz CT molecular complexity index is 1080. The molecule has 2 heterocycles. The van der Waals surface area contributed by atoms with Crippen LogP contribution < -0.4 is 16.1 Å². The molecule has 0 radical (unpaired) electrons. The van der Waals surface area contributed by atoms with Crippen LogP contribution in [-0.2, 0) is 21.1 Å². The van der Waals surface area contributed by atoms with Crippen LogP contribution in [0.4, 0.5) is 11.6 Å². The Kier molecular flexibility index (Phi) is 4.03. The Labute approximate surface area is 144 Å². The average molecular weight is 340 g/mol. The second kappa shape index (κ2) is 6.04. The second-order valence-corrected chi connectivity index (χ2v) is 6.09. The smallest absolute Gasteiger partial charge is 0.332 e. The minimum Gasteiger partial charge on any atom is -0.378 e. The molecule has 25 heavy (non-hydrogen) atoms. The minimum atomic E-state index is -0.412. The standard InChI is InChI=1S/C17H20N6O2/c1-20(2)12-8-6-11(7-9-12)10-18-16-19-14-13(21(16)3)15(24)23(5)17(25)22(14)4/h6-10H,1-5H3. The molecule has 0 fully saturated rings. The maximum atomic E-state index is 12.3. The summed E-state index contributed by atoms with van der Waals surface area (Å²) in [5, 5.41) is 0. The molecule has 0 unspecified atom stereocenters. The molecule has 3 rings (SSSR count). The van der Waals surface area contributed by atoms with E-state index < -0.39 is 5.69 Å². The van der Waals surface area contributed by atoms with E-state index in [4.69, 9.17) is 0 Å². The molecule has 0 saturated carbocycles. The van der Waals surface area contributed by atoms with Crippen molar-refractivity contribution < 1.29 is 0 Å². The summed E-state index contributed by atoms with van der Waals surface area (Å²) in [6, 6.07) is 7.90. The number of rotatable bonds is 3. The maximum absolute atomic E-state index is 12.3. The maximum Gasteiger partial charge on any atom is 0.332 e. The molecule has 0 aliphatic carbocycles. The highest BCUT2D eigenvalue weighted by Crippen LogP contribution is 2.16. The third-order valence-electron chi connectivity index (χ3n) is 4.19. The first-order chi connectivity index (χ1) is 11.8. The van der Waals surface area contributed by atoms with Crippen molar-refractivity contribution in [2.75, 3.05) is 19.0 Å². The van der Waals surface area contributed by atoms with Crippen molar-refractivity contribution in [2.24, 2.45) is 26.1 Å². The molecule has 0 amide bonds. The molecule has 0 spiro atoms. The van der Waals surface area contributed by atoms with Crippen molar-refractivity contribution in [3.05, 3.63) is 50.7 Å². The first-order valence-electron chi connectivity index (χ1n) is 7.75. The monoisotopic (exact) mass is 340 g/mol. The van der Waals surface area contributed by atoms with E-state index in [0.717, 1.165) is 15.8 Å². The van der Waals surface area contributed by atoms with Gasteiger partial charge in [-0.1, -0.05) is 12.1 Å². The molecule has 0 bridgehead atoms. The molecule has 2 aromatic heterocycles. The zero-order chi connectivity index (χ0) is 18.3. The number of hydrogen-bond acceptors (Lipinski definition) is 5. The van der Waals surface area contributed by atoms with Crippen molar-refractivity contribution in [1.82, 2.24) is 18.7 Å². The van der Waals surface area contributed by atoms with Crippen LogP contribution in [0.25, 0.3) is 11.2 Å². The van der Waals surface area contributed by atoms with Crippen LogP contribution >= 0.6 is 0 Å². The van der Waals surface area contributed by atoms with Gasteiger partial charge in [0.05, 0.1) is 0 Å². The van der Waals surface area contributed by atoms with Gasteiger partial charge in [0, 0.05) is 47.1 Å². The molecule has 0 atom stereocenters. The van der Waals surface area contributed by atoms with Gasteiger partial charge in [0.25, 0.3) is 5.56 Å². The SMILES string of the molecule is CN(C)c1ccc(C=Nc2nc3c(c(=O)n(C)c(=O)n3C)n2C)cc1. The first-order valence-corrected chi connectivity index (χ1v) is 7.75. The fraction of sp³-hybridized carbons (Fsp3) is 0.294. The zero-order valence-electron chi connectivity index (χ0n) is 14.9. The second-order valence-electron chi connectivity index (χ2n) is 6.09. The van der Waals surface area contributed by atoms with Crippen LogP contribution in [0.1, 0.15) is 5.56 Å². The van der Waals surface area contributed by atoms with Gasteiger partial charge in [0.15, 0.2) is 11.2 Å². The van der Waals surface area contributed by atoms with Crippen molar-refractivity contribution >= 4 is 29.0 Å². The Morgan fingerprint density at radius 1 is 1.00 bits per heavy atom. The fourth-order valence-electron chi connectivity index (χ4n) is 2.61. The van der Waals surface area contributed by atoms with Crippen LogP contribution in [0.2, 0.25) is 0 Å². The van der Waals surface area contributed by atoms with Gasteiger partial charge in [-0.2, -0.15) is 4.98 Å². The average Bonchev–Trinajstić information content (AvgIpc) is 2.93. The first kappa shape index (κ1) is 16.7. The number of anilines is 1. The van der Waals surface area contributed by atoms with Gasteiger partial charge < -0.3 is 9.47 Å². The van der Waals surface area contributed by atoms with Crippen LogP contribution in [-0.4, -0.2) is 39.0 Å². The van der Waals surface area contributed by atoms with E-state index in [1.54, 1.807) is 24.9 Å². The van der Waals surface area contributed by atoms with Crippen LogP contribution in [0.15, 0.2) is 38.8 Å². The lowest BCUT2D eigenvalue weighted by molar-refractivity contribution is 0.705. The van der Waals surface area contributed by atoms with Crippen molar-refractivity contribution in [3.63, 3.8) is 0 Å². The number of imidazole rings is 1. The van der Waals surface area contributed by atoms with Crippen molar-refractivity contribution in [3.8, 4) is 0 Å². The van der Waals surface area contributed by atoms with E-state index >= 15 is 0 Å². The number of aliphatic imine (C=N–C) groups is 1. The zero-order valence-corrected chi connectivity index (χ0v) is 14.9. The Morgan fingerprint density at radius 2 is 1.64 bits per heavy atom. The predicted octanol–water partition coefficient (Wildman–Crippen LogP) is 0.787. The largest absolute Gasteiger partial charge is 0.378 e. The summed E-state index contributed by atoms with van der Waals surface area (Å²) in [5.41, 5.74) is 1.89. The van der Waals surface area contributed by atoms with Gasteiger partial charge in [0.2, 0.25) is 5.95 Å². The van der Waals surface area contributed by atoms with Gasteiger partial charge in [-0.3, -0.25) is 13.9 Å². The lowest BCUT2D eigenvalue weighted by Crippen LogP contribution is -2.37. The van der Waals surface area contributed by atoms with E-state index in [2.05, 4.69) is 9.98 Å². The molecule has 0 aliphatic rings. The van der Waals surface area contributed by atoms with Gasteiger partial charge in [-0.15, -0.1) is 0 Å². The number of aromatic nitrogens is 4. The van der Waals surface area contributed by atoms with Crippen LogP contribution in [0.3, 0.4) is 0 Å². The number of fused-ring (bicyclic) bond motifs is 1. The highest BCUT2D eigenvalue weighted by molar-refractivity contribution is 5.83. The van der Waals surface area contributed by atoms with Crippen LogP contribution in [0, 0.1) is 0 Å². The van der Waals surface area contributed by atoms with Gasteiger partial charge >= 0.3 is 5.69 Å². The third-order valence-corrected chi connectivity index (χ3v) is 4.19. The van der Waals surface area contributed by atoms with E-state index in [9.17, 15) is 9.59 Å². The topological polar surface area (TPSA) is 77.4 Å². The molecule has 3 aromatic rings. The molecule has 0 N–H and O–H groups in total. The van der Waals surface area contributed by atoms with E-state index in [1.165, 1.54) is 11.6 Å². The number of benzene rings is 1. The summed E-state index contributed by atoms with van der Waals surface area (Å²) >= 11 is 0. The molecule has 0 saturated heterocycles. The molecule has 8 nitrogen and oxygen atoms in total. The number of aryl methyl sites for hydroxylation is 2. The van der Waals surface area contributed by atoms with E-state index in [0.29, 0.717) is 17.1 Å². The lowest BCUT2D eigenvalue weighted by atomic mass is 10.2. The fourth-order valence-corrected chi connectivity index (χ4v) is 2.61.